The molecule has 56 valence electrons. The maximum Gasteiger partial charge on any atom is 0.147 e. The van der Waals surface area contributed by atoms with Gasteiger partial charge in [-0.15, -0.1) is 6.42 Å². The molecule has 0 unspecified atom stereocenters. The maximum absolute atomic E-state index is 10.7. The number of ether oxygens (including phenoxy) is 1. The second-order valence-corrected chi connectivity index (χ2v) is 1.87. The Balaban J connectivity index is 3.15. The fourth-order valence-electron chi connectivity index (χ4n) is 0.533. The first-order valence-electron chi connectivity index (χ1n) is 3.34. The minimum atomic E-state index is 0.0796. The first-order valence-corrected chi connectivity index (χ1v) is 3.34. The van der Waals surface area contributed by atoms with Crippen molar-refractivity contribution in [1.82, 2.24) is 0 Å². The molecule has 0 saturated carbocycles. The third-order valence-corrected chi connectivity index (χ3v) is 1.03. The van der Waals surface area contributed by atoms with Crippen LogP contribution in [0.2, 0.25) is 0 Å². The molecule has 0 aliphatic heterocycles. The fraction of sp³-hybridized carbons (Fsp3) is 0.625. The fourth-order valence-corrected chi connectivity index (χ4v) is 0.533. The molecule has 0 saturated heterocycles. The second kappa shape index (κ2) is 6.31. The Kier molecular flexibility index (Phi) is 5.80. The molecule has 0 aromatic rings. The Morgan fingerprint density at radius 2 is 2.40 bits per heavy atom. The molecule has 0 spiro atoms. The van der Waals surface area contributed by atoms with E-state index in [1.54, 1.807) is 0 Å². The maximum atomic E-state index is 10.7. The highest BCUT2D eigenvalue weighted by Crippen LogP contribution is 1.88. The molecule has 10 heavy (non-hydrogen) atoms. The predicted octanol–water partition coefficient (Wildman–Crippen LogP) is 1.01. The van der Waals surface area contributed by atoms with Crippen LogP contribution in [0.5, 0.6) is 0 Å². The van der Waals surface area contributed by atoms with Crippen molar-refractivity contribution < 1.29 is 9.53 Å². The standard InChI is InChI=1S/C8H12O2/c1-3-5-8(9)6-7-10-4-2/h1H,4-7H2,2H3. The molecule has 2 nitrogen and oxygen atoms in total. The lowest BCUT2D eigenvalue weighted by molar-refractivity contribution is -0.119. The minimum Gasteiger partial charge on any atom is -0.381 e. The molecule has 0 rings (SSSR count). The van der Waals surface area contributed by atoms with Crippen molar-refractivity contribution in [2.24, 2.45) is 0 Å². The third-order valence-electron chi connectivity index (χ3n) is 1.03. The zero-order chi connectivity index (χ0) is 7.82. The van der Waals surface area contributed by atoms with Crippen LogP contribution < -0.4 is 0 Å². The summed E-state index contributed by atoms with van der Waals surface area (Å²) in [6.07, 6.45) is 5.59. The van der Waals surface area contributed by atoms with Crippen LogP contribution in [0.3, 0.4) is 0 Å². The molecule has 0 aromatic heterocycles. The van der Waals surface area contributed by atoms with Crippen LogP contribution in [0, 0.1) is 12.3 Å². The molecule has 0 aromatic carbocycles. The van der Waals surface area contributed by atoms with E-state index < -0.39 is 0 Å². The Morgan fingerprint density at radius 3 is 2.90 bits per heavy atom. The summed E-state index contributed by atoms with van der Waals surface area (Å²) in [5, 5.41) is 0. The molecule has 0 aliphatic carbocycles. The number of hydrogen-bond acceptors (Lipinski definition) is 2. The van der Waals surface area contributed by atoms with E-state index in [0.29, 0.717) is 19.6 Å². The molecule has 0 heterocycles. The number of Topliss-reactive ketones (excluding diaryl/α,β-unsaturated/α-hetero) is 1. The van der Waals surface area contributed by atoms with E-state index in [1.165, 1.54) is 0 Å². The van der Waals surface area contributed by atoms with E-state index >= 15 is 0 Å². The van der Waals surface area contributed by atoms with Crippen LogP contribution in [0.25, 0.3) is 0 Å². The highest BCUT2D eigenvalue weighted by molar-refractivity contribution is 5.80. The van der Waals surface area contributed by atoms with Crippen LogP contribution in [-0.2, 0) is 9.53 Å². The van der Waals surface area contributed by atoms with Crippen LogP contribution >= 0.6 is 0 Å². The third kappa shape index (κ3) is 5.33. The van der Waals surface area contributed by atoms with Gasteiger partial charge in [-0.05, 0) is 6.92 Å². The molecular weight excluding hydrogens is 128 g/mol. The zero-order valence-electron chi connectivity index (χ0n) is 6.22. The summed E-state index contributed by atoms with van der Waals surface area (Å²) < 4.78 is 4.96. The van der Waals surface area contributed by atoms with Crippen LogP contribution in [0.4, 0.5) is 0 Å². The lowest BCUT2D eigenvalue weighted by Crippen LogP contribution is -2.02. The van der Waals surface area contributed by atoms with Crippen molar-refractivity contribution in [3.63, 3.8) is 0 Å². The number of carbonyl (C=O) groups is 1. The van der Waals surface area contributed by atoms with Gasteiger partial charge in [-0.25, -0.2) is 0 Å². The van der Waals surface area contributed by atoms with Gasteiger partial charge in [-0.1, -0.05) is 5.92 Å². The SMILES string of the molecule is C#CCC(=O)CCOCC. The highest BCUT2D eigenvalue weighted by Gasteiger charge is 1.97. The van der Waals surface area contributed by atoms with Gasteiger partial charge in [0.1, 0.15) is 5.78 Å². The van der Waals surface area contributed by atoms with Gasteiger partial charge in [-0.2, -0.15) is 0 Å². The molecule has 0 bridgehead atoms. The van der Waals surface area contributed by atoms with Gasteiger partial charge in [0.2, 0.25) is 0 Å². The first kappa shape index (κ1) is 9.19. The van der Waals surface area contributed by atoms with Crippen molar-refractivity contribution in [3.05, 3.63) is 0 Å². The molecule has 2 heteroatoms. The van der Waals surface area contributed by atoms with Gasteiger partial charge in [0.25, 0.3) is 0 Å². The van der Waals surface area contributed by atoms with Gasteiger partial charge in [0, 0.05) is 13.0 Å². The molecule has 0 fully saturated rings. The molecule has 0 amide bonds. The molecule has 0 N–H and O–H groups in total. The summed E-state index contributed by atoms with van der Waals surface area (Å²) in [7, 11) is 0. The van der Waals surface area contributed by atoms with Gasteiger partial charge < -0.3 is 4.74 Å². The van der Waals surface area contributed by atoms with Gasteiger partial charge in [-0.3, -0.25) is 4.79 Å². The first-order chi connectivity index (χ1) is 4.81. The number of carbonyl (C=O) groups excluding carboxylic acids is 1. The molecule has 0 atom stereocenters. The summed E-state index contributed by atoms with van der Waals surface area (Å²) in [5.41, 5.74) is 0. The zero-order valence-corrected chi connectivity index (χ0v) is 6.22. The Morgan fingerprint density at radius 1 is 1.70 bits per heavy atom. The van der Waals surface area contributed by atoms with E-state index in [4.69, 9.17) is 11.2 Å². The average molecular weight is 140 g/mol. The minimum absolute atomic E-state index is 0.0796. The summed E-state index contributed by atoms with van der Waals surface area (Å²) in [5.74, 6) is 2.37. The Bertz CT molecular complexity index is 133. The average Bonchev–Trinajstić information content (AvgIpc) is 1.89. The highest BCUT2D eigenvalue weighted by atomic mass is 16.5. The van der Waals surface area contributed by atoms with Crippen LogP contribution in [0.15, 0.2) is 0 Å². The number of hydrogen-bond donors (Lipinski definition) is 0. The number of ketones is 1. The van der Waals surface area contributed by atoms with Gasteiger partial charge in [0.05, 0.1) is 13.0 Å². The lowest BCUT2D eigenvalue weighted by atomic mass is 10.2. The van der Waals surface area contributed by atoms with Crippen LogP contribution in [-0.4, -0.2) is 19.0 Å². The van der Waals surface area contributed by atoms with E-state index in [9.17, 15) is 4.79 Å². The van der Waals surface area contributed by atoms with Crippen molar-refractivity contribution in [2.75, 3.05) is 13.2 Å². The van der Waals surface area contributed by atoms with Crippen molar-refractivity contribution in [1.29, 1.82) is 0 Å². The van der Waals surface area contributed by atoms with Gasteiger partial charge in [0.15, 0.2) is 0 Å². The van der Waals surface area contributed by atoms with Crippen molar-refractivity contribution in [2.45, 2.75) is 19.8 Å². The van der Waals surface area contributed by atoms with Crippen molar-refractivity contribution >= 4 is 5.78 Å². The van der Waals surface area contributed by atoms with E-state index in [-0.39, 0.29) is 12.2 Å². The Hall–Kier alpha value is -0.810. The summed E-state index contributed by atoms with van der Waals surface area (Å²) in [4.78, 5) is 10.7. The van der Waals surface area contributed by atoms with E-state index in [2.05, 4.69) is 5.92 Å². The second-order valence-electron chi connectivity index (χ2n) is 1.87. The quantitative estimate of drug-likeness (QED) is 0.420. The monoisotopic (exact) mass is 140 g/mol. The molecule has 0 aliphatic rings. The topological polar surface area (TPSA) is 26.3 Å². The van der Waals surface area contributed by atoms with Crippen molar-refractivity contribution in [3.8, 4) is 12.3 Å². The van der Waals surface area contributed by atoms with E-state index in [0.717, 1.165) is 0 Å². The largest absolute Gasteiger partial charge is 0.381 e. The number of terminal acetylenes is 1. The number of rotatable bonds is 5. The molecular formula is C8H12O2. The smallest absolute Gasteiger partial charge is 0.147 e. The summed E-state index contributed by atoms with van der Waals surface area (Å²) in [6, 6.07) is 0. The summed E-state index contributed by atoms with van der Waals surface area (Å²) >= 11 is 0. The summed E-state index contributed by atoms with van der Waals surface area (Å²) in [6.45, 7) is 3.05. The van der Waals surface area contributed by atoms with E-state index in [1.807, 2.05) is 6.92 Å². The predicted molar refractivity (Wildman–Crippen MR) is 39.6 cm³/mol. The van der Waals surface area contributed by atoms with Gasteiger partial charge >= 0.3 is 0 Å². The molecule has 0 radical (unpaired) electrons. The Labute approximate surface area is 61.6 Å². The van der Waals surface area contributed by atoms with Crippen LogP contribution in [0.1, 0.15) is 19.8 Å². The normalized spacial score (nSPS) is 8.80. The lowest BCUT2D eigenvalue weighted by Gasteiger charge is -1.96.